The number of methoxy groups -OCH3 is 1. The molecule has 0 radical (unpaired) electrons. The highest BCUT2D eigenvalue weighted by Gasteiger charge is 2.39. The predicted molar refractivity (Wildman–Crippen MR) is 117 cm³/mol. The highest BCUT2D eigenvalue weighted by atomic mass is 16.7. The molecule has 8 heteroatoms. The van der Waals surface area contributed by atoms with Crippen molar-refractivity contribution in [1.29, 1.82) is 0 Å². The van der Waals surface area contributed by atoms with Crippen LogP contribution in [-0.4, -0.2) is 56.4 Å². The molecule has 4 rings (SSSR count). The molecule has 5 atom stereocenters. The van der Waals surface area contributed by atoms with Crippen LogP contribution in [0.5, 0.6) is 5.75 Å². The number of benzene rings is 1. The zero-order valence-electron chi connectivity index (χ0n) is 19.0. The summed E-state index contributed by atoms with van der Waals surface area (Å²) in [6.07, 6.45) is 5.98. The van der Waals surface area contributed by atoms with Gasteiger partial charge in [-0.1, -0.05) is 24.3 Å². The number of rotatable bonds is 4. The van der Waals surface area contributed by atoms with Gasteiger partial charge in [0.05, 0.1) is 25.9 Å². The van der Waals surface area contributed by atoms with Crippen molar-refractivity contribution in [1.82, 2.24) is 0 Å². The third-order valence-corrected chi connectivity index (χ3v) is 6.09. The fourth-order valence-corrected chi connectivity index (χ4v) is 4.24. The minimum absolute atomic E-state index is 0.177. The van der Waals surface area contributed by atoms with E-state index in [1.54, 1.807) is 7.11 Å². The van der Waals surface area contributed by atoms with Crippen molar-refractivity contribution in [3.05, 3.63) is 42.0 Å². The predicted octanol–water partition coefficient (Wildman–Crippen LogP) is 3.46. The highest BCUT2D eigenvalue weighted by molar-refractivity contribution is 5.70. The quantitative estimate of drug-likeness (QED) is 0.499. The lowest BCUT2D eigenvalue weighted by Crippen LogP contribution is -2.39. The van der Waals surface area contributed by atoms with Gasteiger partial charge >= 0.3 is 11.9 Å². The Kier molecular flexibility index (Phi) is 8.36. The lowest BCUT2D eigenvalue weighted by molar-refractivity contribution is -0.217. The van der Waals surface area contributed by atoms with Gasteiger partial charge in [0.15, 0.2) is 0 Å². The molecule has 4 bridgehead atoms. The number of fused-ring (bicyclic) bond motifs is 5. The van der Waals surface area contributed by atoms with Crippen LogP contribution >= 0.6 is 0 Å². The average Bonchev–Trinajstić information content (AvgIpc) is 3.33. The van der Waals surface area contributed by atoms with E-state index in [9.17, 15) is 9.59 Å². The summed E-state index contributed by atoms with van der Waals surface area (Å²) >= 11 is 0. The summed E-state index contributed by atoms with van der Waals surface area (Å²) in [4.78, 5) is 24.5. The van der Waals surface area contributed by atoms with Crippen LogP contribution in [0, 0.1) is 0 Å². The van der Waals surface area contributed by atoms with Gasteiger partial charge in [0, 0.05) is 12.8 Å². The largest absolute Gasteiger partial charge is 0.497 e. The second-order valence-electron chi connectivity index (χ2n) is 8.58. The van der Waals surface area contributed by atoms with E-state index >= 15 is 0 Å². The molecule has 0 amide bonds. The molecule has 2 saturated heterocycles. The van der Waals surface area contributed by atoms with Crippen LogP contribution in [-0.2, 0) is 39.9 Å². The highest BCUT2D eigenvalue weighted by Crippen LogP contribution is 2.31. The van der Waals surface area contributed by atoms with E-state index in [1.165, 1.54) is 0 Å². The molecule has 3 aliphatic rings. The summed E-state index contributed by atoms with van der Waals surface area (Å²) in [6.45, 7) is 0.506. The van der Waals surface area contributed by atoms with Crippen molar-refractivity contribution in [2.75, 3.05) is 13.7 Å². The van der Waals surface area contributed by atoms with Crippen molar-refractivity contribution in [2.24, 2.45) is 0 Å². The SMILES string of the molecule is COc1ccc(COC2OC(=O)CCCCC(=O)OC[C@@H]3CC=C[C@@H](O3)[C@H]3CC[C@H]2O3)cc1. The van der Waals surface area contributed by atoms with Crippen LogP contribution in [0.1, 0.15) is 50.5 Å². The summed E-state index contributed by atoms with van der Waals surface area (Å²) in [5.41, 5.74) is 0.938. The Morgan fingerprint density at radius 2 is 1.73 bits per heavy atom. The smallest absolute Gasteiger partial charge is 0.308 e. The van der Waals surface area contributed by atoms with Gasteiger partial charge in [-0.25, -0.2) is 0 Å². The first-order chi connectivity index (χ1) is 16.1. The maximum atomic E-state index is 12.5. The molecule has 0 spiro atoms. The monoisotopic (exact) mass is 460 g/mol. The maximum Gasteiger partial charge on any atom is 0.308 e. The van der Waals surface area contributed by atoms with Crippen LogP contribution in [0.15, 0.2) is 36.4 Å². The fourth-order valence-electron chi connectivity index (χ4n) is 4.24. The first-order valence-electron chi connectivity index (χ1n) is 11.7. The van der Waals surface area contributed by atoms with Crippen LogP contribution in [0.3, 0.4) is 0 Å². The summed E-state index contributed by atoms with van der Waals surface area (Å²) < 4.78 is 34.6. The van der Waals surface area contributed by atoms with Gasteiger partial charge in [-0.2, -0.15) is 0 Å². The average molecular weight is 461 g/mol. The topological polar surface area (TPSA) is 89.5 Å². The number of cyclic esters (lactones) is 2. The van der Waals surface area contributed by atoms with Crippen molar-refractivity contribution in [3.8, 4) is 5.75 Å². The number of carbonyl (C=O) groups excluding carboxylic acids is 2. The Morgan fingerprint density at radius 3 is 2.52 bits per heavy atom. The van der Waals surface area contributed by atoms with Gasteiger partial charge in [0.25, 0.3) is 0 Å². The van der Waals surface area contributed by atoms with Gasteiger partial charge in [0.2, 0.25) is 6.29 Å². The van der Waals surface area contributed by atoms with E-state index in [2.05, 4.69) is 0 Å². The molecule has 0 saturated carbocycles. The Bertz CT molecular complexity index is 820. The molecule has 0 aromatic heterocycles. The van der Waals surface area contributed by atoms with E-state index in [4.69, 9.17) is 28.4 Å². The van der Waals surface area contributed by atoms with E-state index in [0.717, 1.165) is 17.7 Å². The van der Waals surface area contributed by atoms with Crippen LogP contribution < -0.4 is 4.74 Å². The molecule has 0 N–H and O–H groups in total. The van der Waals surface area contributed by atoms with Crippen LogP contribution in [0.25, 0.3) is 0 Å². The molecule has 0 aliphatic carbocycles. The first-order valence-corrected chi connectivity index (χ1v) is 11.7. The standard InChI is InChI=1S/C25H32O8/c1-28-18-11-9-17(10-12-18)15-30-25-22-14-13-21(32-22)20-6-4-5-19(31-20)16-29-23(26)7-2-3-8-24(27)33-25/h4,6,9-12,19-22,25H,2-3,5,7-8,13-16H2,1H3/t19-,20+,21+,22+,25?/m0/s1. The molecule has 1 unspecified atom stereocenters. The molecule has 3 heterocycles. The zero-order valence-corrected chi connectivity index (χ0v) is 19.0. The first kappa shape index (κ1) is 23.7. The molecule has 1 aromatic carbocycles. The number of hydrogen-bond donors (Lipinski definition) is 0. The molecule has 2 fully saturated rings. The second-order valence-corrected chi connectivity index (χ2v) is 8.58. The zero-order chi connectivity index (χ0) is 23.0. The lowest BCUT2D eigenvalue weighted by atomic mass is 10.1. The third-order valence-electron chi connectivity index (χ3n) is 6.09. The Hall–Kier alpha value is -2.42. The minimum Gasteiger partial charge on any atom is -0.497 e. The molecule has 180 valence electrons. The van der Waals surface area contributed by atoms with Crippen molar-refractivity contribution >= 4 is 11.9 Å². The Balaban J connectivity index is 1.43. The van der Waals surface area contributed by atoms with E-state index in [0.29, 0.717) is 25.7 Å². The number of esters is 2. The summed E-state index contributed by atoms with van der Waals surface area (Å²) in [7, 11) is 1.62. The van der Waals surface area contributed by atoms with Gasteiger partial charge in [-0.15, -0.1) is 0 Å². The van der Waals surface area contributed by atoms with Crippen molar-refractivity contribution in [3.63, 3.8) is 0 Å². The van der Waals surface area contributed by atoms with Gasteiger partial charge in [0.1, 0.15) is 24.6 Å². The molecule has 3 aliphatic heterocycles. The van der Waals surface area contributed by atoms with Gasteiger partial charge in [-0.3, -0.25) is 9.59 Å². The number of carbonyl (C=O) groups is 2. The number of hydrogen-bond acceptors (Lipinski definition) is 8. The van der Waals surface area contributed by atoms with E-state index < -0.39 is 6.29 Å². The molecular weight excluding hydrogens is 428 g/mol. The van der Waals surface area contributed by atoms with Crippen LogP contribution in [0.4, 0.5) is 0 Å². The Labute approximate surface area is 194 Å². The maximum absolute atomic E-state index is 12.5. The van der Waals surface area contributed by atoms with Crippen molar-refractivity contribution < 1.29 is 38.0 Å². The van der Waals surface area contributed by atoms with E-state index in [-0.39, 0.29) is 62.4 Å². The molecule has 1 aromatic rings. The minimum atomic E-state index is -0.814. The van der Waals surface area contributed by atoms with Crippen molar-refractivity contribution in [2.45, 2.75) is 82.3 Å². The Morgan fingerprint density at radius 1 is 0.970 bits per heavy atom. The summed E-state index contributed by atoms with van der Waals surface area (Å²) in [6, 6.07) is 7.54. The molecule has 33 heavy (non-hydrogen) atoms. The summed E-state index contributed by atoms with van der Waals surface area (Å²) in [5.74, 6) is 0.124. The second kappa shape index (κ2) is 11.6. The number of ether oxygens (including phenoxy) is 6. The normalized spacial score (nSPS) is 31.0. The third kappa shape index (κ3) is 6.79. The fraction of sp³-hybridized carbons (Fsp3) is 0.600. The summed E-state index contributed by atoms with van der Waals surface area (Å²) in [5, 5.41) is 0. The van der Waals surface area contributed by atoms with Gasteiger partial charge < -0.3 is 28.4 Å². The van der Waals surface area contributed by atoms with Crippen LogP contribution in [0.2, 0.25) is 0 Å². The molecular formula is C25H32O8. The van der Waals surface area contributed by atoms with Gasteiger partial charge in [-0.05, 0) is 49.8 Å². The lowest BCUT2D eigenvalue weighted by Gasteiger charge is -2.30. The van der Waals surface area contributed by atoms with E-state index in [1.807, 2.05) is 36.4 Å². The molecule has 8 nitrogen and oxygen atoms in total.